The van der Waals surface area contributed by atoms with E-state index in [2.05, 4.69) is 4.90 Å². The van der Waals surface area contributed by atoms with Crippen molar-refractivity contribution in [2.45, 2.75) is 32.2 Å². The van der Waals surface area contributed by atoms with E-state index in [9.17, 15) is 4.39 Å². The fraction of sp³-hybridized carbons (Fsp3) is 0.538. The summed E-state index contributed by atoms with van der Waals surface area (Å²) in [5.41, 5.74) is 8.00. The maximum absolute atomic E-state index is 13.2. The lowest BCUT2D eigenvalue weighted by Crippen LogP contribution is -2.23. The molecule has 0 spiro atoms. The third-order valence-electron chi connectivity index (χ3n) is 3.03. The second-order valence-corrected chi connectivity index (χ2v) is 4.65. The molecule has 0 saturated carbocycles. The summed E-state index contributed by atoms with van der Waals surface area (Å²) in [4.78, 5) is 2.33. The summed E-state index contributed by atoms with van der Waals surface area (Å²) in [6, 6.07) is 5.12. The van der Waals surface area contributed by atoms with E-state index in [1.54, 1.807) is 12.1 Å². The first-order chi connectivity index (χ1) is 7.66. The van der Waals surface area contributed by atoms with E-state index < -0.39 is 0 Å². The molecule has 1 unspecified atom stereocenters. The number of nitrogens with zero attached hydrogens (tertiary/aromatic N) is 1. The Hall–Kier alpha value is -1.09. The van der Waals surface area contributed by atoms with Gasteiger partial charge < -0.3 is 10.6 Å². The van der Waals surface area contributed by atoms with Gasteiger partial charge in [0.2, 0.25) is 0 Å². The average Bonchev–Trinajstić information content (AvgIpc) is 2.69. The maximum atomic E-state index is 13.2. The van der Waals surface area contributed by atoms with E-state index in [-0.39, 0.29) is 11.9 Å². The van der Waals surface area contributed by atoms with Crippen molar-refractivity contribution in [1.29, 1.82) is 0 Å². The van der Waals surface area contributed by atoms with Gasteiger partial charge in [-0.25, -0.2) is 4.39 Å². The van der Waals surface area contributed by atoms with E-state index in [1.165, 1.54) is 12.8 Å². The Morgan fingerprint density at radius 2 is 2.06 bits per heavy atom. The quantitative estimate of drug-likeness (QED) is 0.850. The van der Waals surface area contributed by atoms with E-state index in [0.717, 1.165) is 30.8 Å². The SMILES string of the molecule is CC(N)Cc1cc(F)ccc1N1CCCC1. The predicted octanol–water partition coefficient (Wildman–Crippen LogP) is 2.32. The predicted molar refractivity (Wildman–Crippen MR) is 65.2 cm³/mol. The van der Waals surface area contributed by atoms with Crippen LogP contribution in [0.15, 0.2) is 18.2 Å². The van der Waals surface area contributed by atoms with E-state index in [1.807, 2.05) is 13.0 Å². The third-order valence-corrected chi connectivity index (χ3v) is 3.03. The Morgan fingerprint density at radius 3 is 2.69 bits per heavy atom. The molecule has 0 radical (unpaired) electrons. The van der Waals surface area contributed by atoms with Crippen molar-refractivity contribution in [3.05, 3.63) is 29.6 Å². The van der Waals surface area contributed by atoms with Gasteiger partial charge in [0.15, 0.2) is 0 Å². The molecule has 2 nitrogen and oxygen atoms in total. The van der Waals surface area contributed by atoms with Crippen molar-refractivity contribution in [2.75, 3.05) is 18.0 Å². The van der Waals surface area contributed by atoms with Gasteiger partial charge in [-0.1, -0.05) is 0 Å². The second-order valence-electron chi connectivity index (χ2n) is 4.65. The third kappa shape index (κ3) is 2.53. The van der Waals surface area contributed by atoms with Crippen LogP contribution in [-0.4, -0.2) is 19.1 Å². The molecule has 2 rings (SSSR count). The number of benzene rings is 1. The zero-order chi connectivity index (χ0) is 11.5. The van der Waals surface area contributed by atoms with Crippen molar-refractivity contribution in [3.8, 4) is 0 Å². The van der Waals surface area contributed by atoms with Gasteiger partial charge in [0, 0.05) is 24.8 Å². The fourth-order valence-electron chi connectivity index (χ4n) is 2.33. The highest BCUT2D eigenvalue weighted by Gasteiger charge is 2.16. The lowest BCUT2D eigenvalue weighted by Gasteiger charge is -2.22. The van der Waals surface area contributed by atoms with E-state index in [4.69, 9.17) is 5.73 Å². The van der Waals surface area contributed by atoms with Gasteiger partial charge in [0.25, 0.3) is 0 Å². The standard InChI is InChI=1S/C13H19FN2/c1-10(15)8-11-9-12(14)4-5-13(11)16-6-2-3-7-16/h4-5,9-10H,2-3,6-8,15H2,1H3. The largest absolute Gasteiger partial charge is 0.371 e. The fourth-order valence-corrected chi connectivity index (χ4v) is 2.33. The summed E-state index contributed by atoms with van der Waals surface area (Å²) in [5.74, 6) is -0.168. The Kier molecular flexibility index (Phi) is 3.44. The molecular weight excluding hydrogens is 203 g/mol. The highest BCUT2D eigenvalue weighted by molar-refractivity contribution is 5.54. The van der Waals surface area contributed by atoms with Crippen LogP contribution in [0, 0.1) is 5.82 Å². The molecule has 0 aromatic heterocycles. The molecule has 1 heterocycles. The average molecular weight is 222 g/mol. The van der Waals surface area contributed by atoms with Crippen LogP contribution in [0.2, 0.25) is 0 Å². The molecule has 88 valence electrons. The Morgan fingerprint density at radius 1 is 1.38 bits per heavy atom. The zero-order valence-electron chi connectivity index (χ0n) is 9.75. The molecule has 0 amide bonds. The Labute approximate surface area is 96.2 Å². The van der Waals surface area contributed by atoms with Crippen LogP contribution in [0.4, 0.5) is 10.1 Å². The van der Waals surface area contributed by atoms with Crippen LogP contribution < -0.4 is 10.6 Å². The number of rotatable bonds is 3. The van der Waals surface area contributed by atoms with Gasteiger partial charge >= 0.3 is 0 Å². The molecule has 1 saturated heterocycles. The number of hydrogen-bond acceptors (Lipinski definition) is 2. The first-order valence-electron chi connectivity index (χ1n) is 5.96. The molecule has 1 aliphatic heterocycles. The normalized spacial score (nSPS) is 17.8. The van der Waals surface area contributed by atoms with Crippen molar-refractivity contribution in [1.82, 2.24) is 0 Å². The van der Waals surface area contributed by atoms with Gasteiger partial charge in [-0.2, -0.15) is 0 Å². The molecule has 16 heavy (non-hydrogen) atoms. The second kappa shape index (κ2) is 4.83. The number of halogens is 1. The van der Waals surface area contributed by atoms with Gasteiger partial charge in [0.1, 0.15) is 5.82 Å². The molecule has 0 aliphatic carbocycles. The minimum atomic E-state index is -0.168. The summed E-state index contributed by atoms with van der Waals surface area (Å²) in [6.45, 7) is 4.12. The minimum absolute atomic E-state index is 0.0724. The van der Waals surface area contributed by atoms with Crippen molar-refractivity contribution in [3.63, 3.8) is 0 Å². The molecule has 1 atom stereocenters. The molecule has 1 aliphatic rings. The van der Waals surface area contributed by atoms with E-state index >= 15 is 0 Å². The topological polar surface area (TPSA) is 29.3 Å². The number of hydrogen-bond donors (Lipinski definition) is 1. The van der Waals surface area contributed by atoms with Crippen LogP contribution in [0.3, 0.4) is 0 Å². The molecular formula is C13H19FN2. The Bertz CT molecular complexity index is 357. The zero-order valence-corrected chi connectivity index (χ0v) is 9.75. The Balaban J connectivity index is 2.27. The molecule has 2 N–H and O–H groups in total. The summed E-state index contributed by atoms with van der Waals surface area (Å²) >= 11 is 0. The highest BCUT2D eigenvalue weighted by Crippen LogP contribution is 2.26. The van der Waals surface area contributed by atoms with E-state index in [0.29, 0.717) is 0 Å². The molecule has 3 heteroatoms. The number of anilines is 1. The van der Waals surface area contributed by atoms with Crippen LogP contribution in [0.1, 0.15) is 25.3 Å². The van der Waals surface area contributed by atoms with Crippen LogP contribution in [0.5, 0.6) is 0 Å². The van der Waals surface area contributed by atoms with Gasteiger partial charge in [0.05, 0.1) is 0 Å². The first-order valence-corrected chi connectivity index (χ1v) is 5.96. The number of nitrogens with two attached hydrogens (primary N) is 1. The van der Waals surface area contributed by atoms with Crippen LogP contribution in [-0.2, 0) is 6.42 Å². The molecule has 1 fully saturated rings. The summed E-state index contributed by atoms with van der Waals surface area (Å²) in [5, 5.41) is 0. The maximum Gasteiger partial charge on any atom is 0.123 e. The smallest absolute Gasteiger partial charge is 0.123 e. The highest BCUT2D eigenvalue weighted by atomic mass is 19.1. The van der Waals surface area contributed by atoms with Crippen LogP contribution in [0.25, 0.3) is 0 Å². The first kappa shape index (κ1) is 11.4. The molecule has 1 aromatic rings. The van der Waals surface area contributed by atoms with Gasteiger partial charge in [-0.3, -0.25) is 0 Å². The lowest BCUT2D eigenvalue weighted by molar-refractivity contribution is 0.622. The summed E-state index contributed by atoms with van der Waals surface area (Å²) in [7, 11) is 0. The molecule has 1 aromatic carbocycles. The lowest BCUT2D eigenvalue weighted by atomic mass is 10.0. The summed E-state index contributed by atoms with van der Waals surface area (Å²) in [6.07, 6.45) is 3.20. The van der Waals surface area contributed by atoms with Crippen molar-refractivity contribution < 1.29 is 4.39 Å². The van der Waals surface area contributed by atoms with Crippen molar-refractivity contribution >= 4 is 5.69 Å². The van der Waals surface area contributed by atoms with Crippen molar-refractivity contribution in [2.24, 2.45) is 5.73 Å². The van der Waals surface area contributed by atoms with Crippen LogP contribution >= 0.6 is 0 Å². The van der Waals surface area contributed by atoms with Gasteiger partial charge in [-0.15, -0.1) is 0 Å². The van der Waals surface area contributed by atoms with Gasteiger partial charge in [-0.05, 0) is 49.9 Å². The minimum Gasteiger partial charge on any atom is -0.371 e. The monoisotopic (exact) mass is 222 g/mol. The molecule has 0 bridgehead atoms. The summed E-state index contributed by atoms with van der Waals surface area (Å²) < 4.78 is 13.2.